The van der Waals surface area contributed by atoms with E-state index >= 15 is 0 Å². The van der Waals surface area contributed by atoms with Crippen LogP contribution < -0.4 is 5.73 Å². The fraction of sp³-hybridized carbons (Fsp3) is 0. The van der Waals surface area contributed by atoms with Crippen LogP contribution in [-0.4, -0.2) is 5.11 Å². The van der Waals surface area contributed by atoms with Gasteiger partial charge in [-0.25, -0.2) is 0 Å². The van der Waals surface area contributed by atoms with Gasteiger partial charge in [-0.2, -0.15) is 0 Å². The molecule has 0 unspecified atom stereocenters. The van der Waals surface area contributed by atoms with Crippen molar-refractivity contribution < 1.29 is 5.11 Å². The Bertz CT molecular complexity index is 165. The SMILES string of the molecule is Nc1[c]cccc1O. The fourth-order valence-corrected chi connectivity index (χ4v) is 0.441. The van der Waals surface area contributed by atoms with Crippen molar-refractivity contribution in [1.29, 1.82) is 0 Å². The lowest BCUT2D eigenvalue weighted by Crippen LogP contribution is -1.82. The lowest BCUT2D eigenvalue weighted by atomic mass is 10.3. The molecule has 0 aliphatic heterocycles. The third-order valence-corrected chi connectivity index (χ3v) is 0.865. The van der Waals surface area contributed by atoms with Gasteiger partial charge in [-0.1, -0.05) is 12.1 Å². The van der Waals surface area contributed by atoms with Gasteiger partial charge in [-0.15, -0.1) is 0 Å². The van der Waals surface area contributed by atoms with Gasteiger partial charge in [-0.05, 0) is 6.07 Å². The number of aromatic hydroxyl groups is 1. The first-order valence-corrected chi connectivity index (χ1v) is 2.26. The van der Waals surface area contributed by atoms with E-state index in [1.165, 1.54) is 6.07 Å². The van der Waals surface area contributed by atoms with Crippen LogP contribution in [-0.2, 0) is 0 Å². The normalized spacial score (nSPS) is 9.00. The zero-order valence-corrected chi connectivity index (χ0v) is 4.26. The Kier molecular flexibility index (Phi) is 1.08. The molecule has 41 valence electrons. The second-order valence-corrected chi connectivity index (χ2v) is 1.47. The third kappa shape index (κ3) is 0.729. The van der Waals surface area contributed by atoms with E-state index in [2.05, 4.69) is 6.07 Å². The first-order chi connectivity index (χ1) is 3.80. The number of nitrogens with two attached hydrogens (primary N) is 1. The van der Waals surface area contributed by atoms with Crippen molar-refractivity contribution in [3.63, 3.8) is 0 Å². The molecule has 0 saturated heterocycles. The van der Waals surface area contributed by atoms with E-state index in [1.54, 1.807) is 12.1 Å². The molecule has 0 atom stereocenters. The van der Waals surface area contributed by atoms with Crippen LogP contribution in [0.2, 0.25) is 0 Å². The molecule has 0 bridgehead atoms. The molecule has 1 aromatic rings. The molecule has 0 saturated carbocycles. The van der Waals surface area contributed by atoms with E-state index in [9.17, 15) is 0 Å². The number of hydrogen-bond acceptors (Lipinski definition) is 2. The van der Waals surface area contributed by atoms with Crippen molar-refractivity contribution in [1.82, 2.24) is 0 Å². The van der Waals surface area contributed by atoms with Gasteiger partial charge < -0.3 is 10.8 Å². The summed E-state index contributed by atoms with van der Waals surface area (Å²) in [5, 5.41) is 8.76. The summed E-state index contributed by atoms with van der Waals surface area (Å²) < 4.78 is 0. The first kappa shape index (κ1) is 4.97. The van der Waals surface area contributed by atoms with Crippen molar-refractivity contribution in [2.24, 2.45) is 0 Å². The number of benzene rings is 1. The lowest BCUT2D eigenvalue weighted by Gasteiger charge is -1.91. The van der Waals surface area contributed by atoms with E-state index in [1.807, 2.05) is 0 Å². The summed E-state index contributed by atoms with van der Waals surface area (Å²) in [5.41, 5.74) is 5.51. The second-order valence-electron chi connectivity index (χ2n) is 1.47. The summed E-state index contributed by atoms with van der Waals surface area (Å²) in [6, 6.07) is 7.47. The Morgan fingerprint density at radius 3 is 2.75 bits per heavy atom. The van der Waals surface area contributed by atoms with Gasteiger partial charge in [0.2, 0.25) is 0 Å². The molecular weight excluding hydrogens is 102 g/mol. The van der Waals surface area contributed by atoms with E-state index in [0.29, 0.717) is 5.69 Å². The Hall–Kier alpha value is -1.18. The molecule has 0 aliphatic carbocycles. The van der Waals surface area contributed by atoms with Gasteiger partial charge in [0.25, 0.3) is 0 Å². The minimum atomic E-state index is 0.0903. The number of rotatable bonds is 0. The van der Waals surface area contributed by atoms with Crippen LogP contribution in [0.4, 0.5) is 5.69 Å². The standard InChI is InChI=1S/C6H6NO/c7-5-3-1-2-4-6(5)8/h1-2,4,8H,7H2. The van der Waals surface area contributed by atoms with Crippen molar-refractivity contribution in [3.05, 3.63) is 24.3 Å². The van der Waals surface area contributed by atoms with Gasteiger partial charge in [-0.3, -0.25) is 0 Å². The predicted molar refractivity (Wildman–Crippen MR) is 31.4 cm³/mol. The highest BCUT2D eigenvalue weighted by atomic mass is 16.3. The Morgan fingerprint density at radius 1 is 1.62 bits per heavy atom. The van der Waals surface area contributed by atoms with Crippen LogP contribution in [0, 0.1) is 6.07 Å². The number of phenolic OH excluding ortho intramolecular Hbond substituents is 1. The van der Waals surface area contributed by atoms with Crippen LogP contribution in [0.25, 0.3) is 0 Å². The Balaban J connectivity index is 3.13. The molecule has 0 aromatic heterocycles. The summed E-state index contributed by atoms with van der Waals surface area (Å²) in [6.07, 6.45) is 0. The molecule has 0 heterocycles. The number of para-hydroxylation sites is 1. The zero-order chi connectivity index (χ0) is 5.98. The molecule has 2 heteroatoms. The maximum Gasteiger partial charge on any atom is 0.139 e. The van der Waals surface area contributed by atoms with Crippen LogP contribution in [0.3, 0.4) is 0 Å². The maximum absolute atomic E-state index is 8.76. The molecule has 0 amide bonds. The smallest absolute Gasteiger partial charge is 0.139 e. The summed E-state index contributed by atoms with van der Waals surface area (Å²) in [5.74, 6) is 0.0903. The third-order valence-electron chi connectivity index (χ3n) is 0.865. The Morgan fingerprint density at radius 2 is 2.38 bits per heavy atom. The quantitative estimate of drug-likeness (QED) is 0.381. The average molecular weight is 108 g/mol. The molecule has 0 fully saturated rings. The van der Waals surface area contributed by atoms with Gasteiger partial charge in [0.15, 0.2) is 0 Å². The predicted octanol–water partition coefficient (Wildman–Crippen LogP) is 0.775. The molecule has 0 aliphatic rings. The molecule has 1 aromatic carbocycles. The highest BCUT2D eigenvalue weighted by Crippen LogP contribution is 2.15. The van der Waals surface area contributed by atoms with E-state index in [4.69, 9.17) is 10.8 Å². The number of phenols is 1. The van der Waals surface area contributed by atoms with E-state index in [-0.39, 0.29) is 5.75 Å². The van der Waals surface area contributed by atoms with Gasteiger partial charge in [0.05, 0.1) is 5.69 Å². The molecule has 1 radical (unpaired) electrons. The molecule has 3 N–H and O–H groups in total. The summed E-state index contributed by atoms with van der Waals surface area (Å²) >= 11 is 0. The van der Waals surface area contributed by atoms with Gasteiger partial charge in [0.1, 0.15) is 5.75 Å². The van der Waals surface area contributed by atoms with Crippen LogP contribution in [0.1, 0.15) is 0 Å². The van der Waals surface area contributed by atoms with Crippen molar-refractivity contribution in [2.45, 2.75) is 0 Å². The van der Waals surface area contributed by atoms with Gasteiger partial charge >= 0.3 is 0 Å². The molecular formula is C6H6NO. The van der Waals surface area contributed by atoms with Gasteiger partial charge in [0, 0.05) is 6.07 Å². The summed E-state index contributed by atoms with van der Waals surface area (Å²) in [6.45, 7) is 0. The summed E-state index contributed by atoms with van der Waals surface area (Å²) in [7, 11) is 0. The van der Waals surface area contributed by atoms with Crippen molar-refractivity contribution >= 4 is 5.69 Å². The molecule has 0 spiro atoms. The monoisotopic (exact) mass is 108 g/mol. The number of hydrogen-bond donors (Lipinski definition) is 2. The topological polar surface area (TPSA) is 46.2 Å². The fourth-order valence-electron chi connectivity index (χ4n) is 0.441. The number of nitrogen functional groups attached to an aromatic ring is 1. The highest BCUT2D eigenvalue weighted by Gasteiger charge is 1.88. The highest BCUT2D eigenvalue weighted by molar-refractivity contribution is 5.49. The molecule has 1 rings (SSSR count). The largest absolute Gasteiger partial charge is 0.506 e. The maximum atomic E-state index is 8.76. The number of anilines is 1. The van der Waals surface area contributed by atoms with Crippen molar-refractivity contribution in [2.75, 3.05) is 5.73 Å². The first-order valence-electron chi connectivity index (χ1n) is 2.26. The van der Waals surface area contributed by atoms with E-state index < -0.39 is 0 Å². The van der Waals surface area contributed by atoms with Crippen LogP contribution >= 0.6 is 0 Å². The zero-order valence-electron chi connectivity index (χ0n) is 4.26. The average Bonchev–Trinajstić information content (AvgIpc) is 1.77. The minimum Gasteiger partial charge on any atom is -0.506 e. The molecule has 8 heavy (non-hydrogen) atoms. The van der Waals surface area contributed by atoms with Crippen LogP contribution in [0.15, 0.2) is 18.2 Å². The van der Waals surface area contributed by atoms with E-state index in [0.717, 1.165) is 0 Å². The Labute approximate surface area is 47.6 Å². The minimum absolute atomic E-state index is 0.0903. The lowest BCUT2D eigenvalue weighted by molar-refractivity contribution is 0.478. The van der Waals surface area contributed by atoms with Crippen LogP contribution in [0.5, 0.6) is 5.75 Å². The van der Waals surface area contributed by atoms with Crippen molar-refractivity contribution in [3.8, 4) is 5.75 Å². The summed E-state index contributed by atoms with van der Waals surface area (Å²) in [4.78, 5) is 0. The molecule has 2 nitrogen and oxygen atoms in total. The second kappa shape index (κ2) is 1.74.